The summed E-state index contributed by atoms with van der Waals surface area (Å²) >= 11 is 0. The van der Waals surface area contributed by atoms with E-state index in [0.29, 0.717) is 5.56 Å². The van der Waals surface area contributed by atoms with Crippen molar-refractivity contribution >= 4 is 5.91 Å². The van der Waals surface area contributed by atoms with Crippen molar-refractivity contribution in [2.24, 2.45) is 0 Å². The lowest BCUT2D eigenvalue weighted by atomic mass is 10.2. The molecule has 2 rings (SSSR count). The summed E-state index contributed by atoms with van der Waals surface area (Å²) in [5, 5.41) is 3.20. The van der Waals surface area contributed by atoms with Crippen LogP contribution in [0.15, 0.2) is 27.6 Å². The van der Waals surface area contributed by atoms with Crippen LogP contribution < -0.4 is 10.9 Å². The van der Waals surface area contributed by atoms with Crippen LogP contribution in [-0.4, -0.2) is 37.0 Å². The first-order valence-electron chi connectivity index (χ1n) is 5.25. The summed E-state index contributed by atoms with van der Waals surface area (Å²) in [7, 11) is 1.77. The molecule has 1 atom stereocenters. The fraction of sp³-hybridized carbons (Fsp3) is 0.455. The zero-order chi connectivity index (χ0) is 11.5. The Balaban J connectivity index is 2.11. The van der Waals surface area contributed by atoms with E-state index in [1.807, 2.05) is 0 Å². The zero-order valence-corrected chi connectivity index (χ0v) is 9.10. The van der Waals surface area contributed by atoms with Gasteiger partial charge in [-0.1, -0.05) is 0 Å². The number of nitrogens with zero attached hydrogens (tertiary/aromatic N) is 1. The van der Waals surface area contributed by atoms with Crippen LogP contribution in [0.25, 0.3) is 0 Å². The Hall–Kier alpha value is -1.62. The molecule has 5 heteroatoms. The first-order chi connectivity index (χ1) is 7.68. The molecule has 0 aliphatic carbocycles. The predicted octanol–water partition coefficient (Wildman–Crippen LogP) is 0.0737. The molecule has 1 aliphatic heterocycles. The number of hydrogen-bond donors (Lipinski definition) is 1. The maximum Gasteiger partial charge on any atom is 0.335 e. The summed E-state index contributed by atoms with van der Waals surface area (Å²) in [6.07, 6.45) is 2.17. The number of amides is 1. The Bertz CT molecular complexity index is 415. The SMILES string of the molecule is CN(C(=O)c1ccc(=O)oc1)C1CCNC1. The standard InChI is InChI=1S/C11H14N2O3/c1-13(9-4-5-12-6-9)11(15)8-2-3-10(14)16-7-8/h2-3,7,9,12H,4-6H2,1H3. The molecule has 0 saturated carbocycles. The highest BCUT2D eigenvalue weighted by Crippen LogP contribution is 2.10. The Morgan fingerprint density at radius 2 is 2.38 bits per heavy atom. The van der Waals surface area contributed by atoms with Gasteiger partial charge in [-0.05, 0) is 19.0 Å². The minimum absolute atomic E-state index is 0.113. The van der Waals surface area contributed by atoms with E-state index in [9.17, 15) is 9.59 Å². The molecule has 1 N–H and O–H groups in total. The van der Waals surface area contributed by atoms with Crippen molar-refractivity contribution in [2.75, 3.05) is 20.1 Å². The Morgan fingerprint density at radius 1 is 1.56 bits per heavy atom. The normalized spacial score (nSPS) is 19.7. The number of carbonyl (C=O) groups excluding carboxylic acids is 1. The third-order valence-electron chi connectivity index (χ3n) is 2.85. The van der Waals surface area contributed by atoms with Gasteiger partial charge in [-0.3, -0.25) is 4.79 Å². The van der Waals surface area contributed by atoms with Crippen LogP contribution in [0.1, 0.15) is 16.8 Å². The van der Waals surface area contributed by atoms with Gasteiger partial charge in [0.05, 0.1) is 5.56 Å². The number of nitrogens with one attached hydrogen (secondary N) is 1. The van der Waals surface area contributed by atoms with Gasteiger partial charge in [-0.15, -0.1) is 0 Å². The second-order valence-corrected chi connectivity index (χ2v) is 3.91. The Kier molecular flexibility index (Phi) is 3.05. The number of likely N-dealkylation sites (N-methyl/N-ethyl adjacent to an activating group) is 1. The number of hydrogen-bond acceptors (Lipinski definition) is 4. The lowest BCUT2D eigenvalue weighted by Gasteiger charge is -2.23. The van der Waals surface area contributed by atoms with Crippen LogP contribution >= 0.6 is 0 Å². The van der Waals surface area contributed by atoms with Gasteiger partial charge in [0, 0.05) is 25.7 Å². The highest BCUT2D eigenvalue weighted by molar-refractivity contribution is 5.93. The summed E-state index contributed by atoms with van der Waals surface area (Å²) in [5.74, 6) is -0.113. The molecule has 1 unspecified atom stereocenters. The molecule has 0 aromatic carbocycles. The maximum absolute atomic E-state index is 12.0. The van der Waals surface area contributed by atoms with Crippen LogP contribution in [-0.2, 0) is 0 Å². The quantitative estimate of drug-likeness (QED) is 0.769. The molecular weight excluding hydrogens is 208 g/mol. The zero-order valence-electron chi connectivity index (χ0n) is 9.10. The highest BCUT2D eigenvalue weighted by Gasteiger charge is 2.24. The minimum atomic E-state index is -0.443. The average Bonchev–Trinajstić information content (AvgIpc) is 2.81. The van der Waals surface area contributed by atoms with Crippen molar-refractivity contribution in [3.63, 3.8) is 0 Å². The van der Waals surface area contributed by atoms with E-state index in [1.165, 1.54) is 18.4 Å². The first kappa shape index (κ1) is 10.9. The minimum Gasteiger partial charge on any atom is -0.430 e. The molecule has 1 amide bonds. The van der Waals surface area contributed by atoms with Gasteiger partial charge in [0.2, 0.25) is 0 Å². The van der Waals surface area contributed by atoms with E-state index in [1.54, 1.807) is 11.9 Å². The van der Waals surface area contributed by atoms with Gasteiger partial charge >= 0.3 is 5.63 Å². The van der Waals surface area contributed by atoms with E-state index >= 15 is 0 Å². The summed E-state index contributed by atoms with van der Waals surface area (Å²) in [5.41, 5.74) is -0.0317. The molecule has 1 aromatic rings. The van der Waals surface area contributed by atoms with Crippen molar-refractivity contribution in [1.29, 1.82) is 0 Å². The monoisotopic (exact) mass is 222 g/mol. The van der Waals surface area contributed by atoms with Crippen LogP contribution in [0.4, 0.5) is 0 Å². The molecule has 0 bridgehead atoms. The molecule has 0 spiro atoms. The van der Waals surface area contributed by atoms with Crippen LogP contribution in [0.3, 0.4) is 0 Å². The van der Waals surface area contributed by atoms with Gasteiger partial charge in [-0.25, -0.2) is 4.79 Å². The molecule has 1 aromatic heterocycles. The van der Waals surface area contributed by atoms with Crippen molar-refractivity contribution in [3.8, 4) is 0 Å². The van der Waals surface area contributed by atoms with Gasteiger partial charge in [-0.2, -0.15) is 0 Å². The average molecular weight is 222 g/mol. The topological polar surface area (TPSA) is 62.6 Å². The first-order valence-corrected chi connectivity index (χ1v) is 5.25. The molecular formula is C11H14N2O3. The molecule has 5 nitrogen and oxygen atoms in total. The lowest BCUT2D eigenvalue weighted by molar-refractivity contribution is 0.0741. The summed E-state index contributed by atoms with van der Waals surface area (Å²) in [6, 6.07) is 2.97. The molecule has 1 saturated heterocycles. The molecule has 2 heterocycles. The third kappa shape index (κ3) is 2.14. The summed E-state index contributed by atoms with van der Waals surface area (Å²) in [6.45, 7) is 1.76. The Labute approximate surface area is 93.1 Å². The fourth-order valence-corrected chi connectivity index (χ4v) is 1.82. The number of rotatable bonds is 2. The smallest absolute Gasteiger partial charge is 0.335 e. The van der Waals surface area contributed by atoms with Crippen molar-refractivity contribution in [2.45, 2.75) is 12.5 Å². The van der Waals surface area contributed by atoms with Gasteiger partial charge < -0.3 is 14.6 Å². The summed E-state index contributed by atoms with van der Waals surface area (Å²) < 4.78 is 4.67. The van der Waals surface area contributed by atoms with Crippen molar-refractivity contribution < 1.29 is 9.21 Å². The van der Waals surface area contributed by atoms with E-state index in [0.717, 1.165) is 19.5 Å². The third-order valence-corrected chi connectivity index (χ3v) is 2.85. The van der Waals surface area contributed by atoms with Gasteiger partial charge in [0.1, 0.15) is 6.26 Å². The molecule has 16 heavy (non-hydrogen) atoms. The molecule has 0 radical (unpaired) electrons. The molecule has 1 fully saturated rings. The maximum atomic E-state index is 12.0. The van der Waals surface area contributed by atoms with Crippen LogP contribution in [0.2, 0.25) is 0 Å². The Morgan fingerprint density at radius 3 is 2.94 bits per heavy atom. The second kappa shape index (κ2) is 4.49. The van der Waals surface area contributed by atoms with E-state index in [-0.39, 0.29) is 11.9 Å². The van der Waals surface area contributed by atoms with E-state index < -0.39 is 5.63 Å². The van der Waals surface area contributed by atoms with Crippen molar-refractivity contribution in [3.05, 3.63) is 34.4 Å². The lowest BCUT2D eigenvalue weighted by Crippen LogP contribution is -2.38. The summed E-state index contributed by atoms with van der Waals surface area (Å²) in [4.78, 5) is 24.4. The van der Waals surface area contributed by atoms with Gasteiger partial charge in [0.25, 0.3) is 5.91 Å². The second-order valence-electron chi connectivity index (χ2n) is 3.91. The van der Waals surface area contributed by atoms with E-state index in [2.05, 4.69) is 9.73 Å². The molecule has 86 valence electrons. The highest BCUT2D eigenvalue weighted by atomic mass is 16.4. The molecule has 1 aliphatic rings. The largest absolute Gasteiger partial charge is 0.430 e. The fourth-order valence-electron chi connectivity index (χ4n) is 1.82. The van der Waals surface area contributed by atoms with Gasteiger partial charge in [0.15, 0.2) is 0 Å². The number of carbonyl (C=O) groups is 1. The van der Waals surface area contributed by atoms with Crippen LogP contribution in [0, 0.1) is 0 Å². The van der Waals surface area contributed by atoms with Crippen LogP contribution in [0.5, 0.6) is 0 Å². The van der Waals surface area contributed by atoms with Crippen molar-refractivity contribution in [1.82, 2.24) is 10.2 Å². The predicted molar refractivity (Wildman–Crippen MR) is 58.3 cm³/mol. The van der Waals surface area contributed by atoms with E-state index in [4.69, 9.17) is 0 Å².